The Morgan fingerprint density at radius 2 is 1.60 bits per heavy atom. The zero-order chi connectivity index (χ0) is 24.5. The van der Waals surface area contributed by atoms with Gasteiger partial charge in [-0.05, 0) is 48.7 Å². The fraction of sp³-hybridized carbons (Fsp3) is 0.233. The predicted octanol–water partition coefficient (Wildman–Crippen LogP) is 5.03. The van der Waals surface area contributed by atoms with Crippen molar-refractivity contribution in [3.05, 3.63) is 101 Å². The Morgan fingerprint density at radius 3 is 2.20 bits per heavy atom. The zero-order valence-corrected chi connectivity index (χ0v) is 19.8. The van der Waals surface area contributed by atoms with E-state index < -0.39 is 23.4 Å². The van der Waals surface area contributed by atoms with Crippen LogP contribution in [0.15, 0.2) is 72.8 Å². The number of anilines is 1. The lowest BCUT2D eigenvalue weighted by Gasteiger charge is -2.37. The van der Waals surface area contributed by atoms with Crippen LogP contribution in [0.3, 0.4) is 0 Å². The molecule has 0 N–H and O–H groups in total. The van der Waals surface area contributed by atoms with Gasteiger partial charge >= 0.3 is 0 Å². The van der Waals surface area contributed by atoms with Crippen LogP contribution >= 0.6 is 0 Å². The van der Waals surface area contributed by atoms with Gasteiger partial charge in [-0.25, -0.2) is 0 Å². The summed E-state index contributed by atoms with van der Waals surface area (Å²) in [5, 5.41) is 0. The summed E-state index contributed by atoms with van der Waals surface area (Å²) in [5.74, 6) is -0.477. The van der Waals surface area contributed by atoms with Gasteiger partial charge in [-0.15, -0.1) is 0 Å². The average Bonchev–Trinajstić information content (AvgIpc) is 3.31. The molecule has 2 aliphatic heterocycles. The molecule has 1 fully saturated rings. The van der Waals surface area contributed by atoms with Gasteiger partial charge in [0.25, 0.3) is 0 Å². The lowest BCUT2D eigenvalue weighted by atomic mass is 9.64. The van der Waals surface area contributed by atoms with E-state index in [1.807, 2.05) is 66.4 Å². The molecular formula is C30H25NO4. The van der Waals surface area contributed by atoms with Crippen LogP contribution in [0, 0.1) is 12.3 Å². The van der Waals surface area contributed by atoms with Gasteiger partial charge in [0, 0.05) is 22.7 Å². The van der Waals surface area contributed by atoms with Gasteiger partial charge in [-0.3, -0.25) is 14.4 Å². The molecule has 1 spiro atoms. The maximum absolute atomic E-state index is 14.3. The molecule has 3 aliphatic rings. The van der Waals surface area contributed by atoms with Crippen molar-refractivity contribution in [2.45, 2.75) is 31.8 Å². The van der Waals surface area contributed by atoms with E-state index in [0.717, 1.165) is 22.4 Å². The Bertz CT molecular complexity index is 1400. The third kappa shape index (κ3) is 2.72. The van der Waals surface area contributed by atoms with Crippen LogP contribution in [0.1, 0.15) is 50.2 Å². The van der Waals surface area contributed by atoms with E-state index in [-0.39, 0.29) is 17.3 Å². The molecule has 1 saturated heterocycles. The first-order chi connectivity index (χ1) is 16.9. The molecule has 6 rings (SSSR count). The number of Topliss-reactive ketones (excluding diaryl/α,β-unsaturated/α-hetero) is 3. The lowest BCUT2D eigenvalue weighted by molar-refractivity contribution is -0.118. The molecule has 3 aromatic rings. The minimum Gasteiger partial charge on any atom is -0.497 e. The quantitative estimate of drug-likeness (QED) is 0.510. The maximum atomic E-state index is 14.3. The van der Waals surface area contributed by atoms with Gasteiger partial charge < -0.3 is 9.64 Å². The van der Waals surface area contributed by atoms with E-state index in [9.17, 15) is 14.4 Å². The minimum absolute atomic E-state index is 0.0768. The Hall–Kier alpha value is -3.99. The van der Waals surface area contributed by atoms with Crippen molar-refractivity contribution in [3.8, 4) is 5.75 Å². The summed E-state index contributed by atoms with van der Waals surface area (Å²) < 4.78 is 5.35. The van der Waals surface area contributed by atoms with Gasteiger partial charge in [-0.2, -0.15) is 0 Å². The van der Waals surface area contributed by atoms with Crippen LogP contribution in [0.5, 0.6) is 5.75 Å². The monoisotopic (exact) mass is 463 g/mol. The van der Waals surface area contributed by atoms with Crippen molar-refractivity contribution in [3.63, 3.8) is 0 Å². The molecule has 0 saturated carbocycles. The predicted molar refractivity (Wildman–Crippen MR) is 134 cm³/mol. The Kier molecular flexibility index (Phi) is 4.62. The summed E-state index contributed by atoms with van der Waals surface area (Å²) in [5.41, 5.74) is 3.11. The molecule has 35 heavy (non-hydrogen) atoms. The van der Waals surface area contributed by atoms with Crippen LogP contribution in [0.2, 0.25) is 0 Å². The lowest BCUT2D eigenvalue weighted by Crippen LogP contribution is -2.48. The number of ether oxygens (including phenoxy) is 1. The van der Waals surface area contributed by atoms with Gasteiger partial charge in [0.15, 0.2) is 17.3 Å². The van der Waals surface area contributed by atoms with Crippen LogP contribution in [0.25, 0.3) is 6.08 Å². The highest BCUT2D eigenvalue weighted by Crippen LogP contribution is 2.60. The van der Waals surface area contributed by atoms with E-state index in [1.165, 1.54) is 0 Å². The number of methoxy groups -OCH3 is 1. The van der Waals surface area contributed by atoms with Crippen molar-refractivity contribution in [2.75, 3.05) is 12.0 Å². The summed E-state index contributed by atoms with van der Waals surface area (Å²) >= 11 is 0. The third-order valence-electron chi connectivity index (χ3n) is 7.85. The van der Waals surface area contributed by atoms with Crippen molar-refractivity contribution < 1.29 is 19.1 Å². The second kappa shape index (κ2) is 7.51. The summed E-state index contributed by atoms with van der Waals surface area (Å²) in [6, 6.07) is 19.3. The van der Waals surface area contributed by atoms with Crippen LogP contribution < -0.4 is 9.64 Å². The van der Waals surface area contributed by atoms with Crippen molar-refractivity contribution in [1.29, 1.82) is 0 Å². The van der Waals surface area contributed by atoms with E-state index in [1.54, 1.807) is 38.3 Å². The molecule has 0 unspecified atom stereocenters. The normalized spacial score (nSPS) is 23.3. The molecule has 0 radical (unpaired) electrons. The summed E-state index contributed by atoms with van der Waals surface area (Å²) in [4.78, 5) is 44.1. The summed E-state index contributed by atoms with van der Waals surface area (Å²) in [7, 11) is 1.59. The van der Waals surface area contributed by atoms with Crippen LogP contribution in [0.4, 0.5) is 5.69 Å². The number of rotatable bonds is 3. The molecule has 0 bridgehead atoms. The number of carbonyl (C=O) groups excluding carboxylic acids is 3. The number of hydrogen-bond donors (Lipinski definition) is 0. The number of fused-ring (bicyclic) bond motifs is 5. The topological polar surface area (TPSA) is 63.7 Å². The van der Waals surface area contributed by atoms with Crippen LogP contribution in [-0.4, -0.2) is 36.5 Å². The Labute approximate surface area is 204 Å². The van der Waals surface area contributed by atoms with Gasteiger partial charge in [0.2, 0.25) is 0 Å². The van der Waals surface area contributed by atoms with E-state index >= 15 is 0 Å². The minimum atomic E-state index is -1.44. The molecule has 0 aromatic heterocycles. The SMILES string of the molecule is COc1ccc([C@H]2[C@H](C(C)=O)N3c4cc(C)ccc4C=C[C@@H]3C23C(=O)c2ccccc2C3=O)cc1. The zero-order valence-electron chi connectivity index (χ0n) is 19.8. The average molecular weight is 464 g/mol. The molecule has 3 atom stereocenters. The van der Waals surface area contributed by atoms with Crippen molar-refractivity contribution in [1.82, 2.24) is 0 Å². The number of ketones is 3. The molecule has 1 aliphatic carbocycles. The number of aryl methyl sites for hydroxylation is 1. The number of benzene rings is 3. The largest absolute Gasteiger partial charge is 0.497 e. The fourth-order valence-corrected chi connectivity index (χ4v) is 6.41. The second-order valence-electron chi connectivity index (χ2n) is 9.65. The first-order valence-corrected chi connectivity index (χ1v) is 11.8. The number of nitrogens with zero attached hydrogens (tertiary/aromatic N) is 1. The second-order valence-corrected chi connectivity index (χ2v) is 9.65. The van der Waals surface area contributed by atoms with Crippen molar-refractivity contribution >= 4 is 29.1 Å². The van der Waals surface area contributed by atoms with Gasteiger partial charge in [0.1, 0.15) is 11.2 Å². The van der Waals surface area contributed by atoms with E-state index in [4.69, 9.17) is 4.74 Å². The fourth-order valence-electron chi connectivity index (χ4n) is 6.41. The molecular weight excluding hydrogens is 438 g/mol. The van der Waals surface area contributed by atoms with E-state index in [0.29, 0.717) is 16.9 Å². The molecule has 174 valence electrons. The molecule has 2 heterocycles. The first kappa shape index (κ1) is 21.5. The summed E-state index contributed by atoms with van der Waals surface area (Å²) in [6.45, 7) is 3.56. The molecule has 5 nitrogen and oxygen atoms in total. The van der Waals surface area contributed by atoms with Crippen LogP contribution in [-0.2, 0) is 4.79 Å². The number of hydrogen-bond acceptors (Lipinski definition) is 5. The van der Waals surface area contributed by atoms with Crippen molar-refractivity contribution in [2.24, 2.45) is 5.41 Å². The summed E-state index contributed by atoms with van der Waals surface area (Å²) in [6.07, 6.45) is 3.92. The highest BCUT2D eigenvalue weighted by molar-refractivity contribution is 6.32. The first-order valence-electron chi connectivity index (χ1n) is 11.8. The molecule has 3 aromatic carbocycles. The molecule has 5 heteroatoms. The highest BCUT2D eigenvalue weighted by atomic mass is 16.5. The van der Waals surface area contributed by atoms with Gasteiger partial charge in [-0.1, -0.05) is 60.7 Å². The smallest absolute Gasteiger partial charge is 0.180 e. The molecule has 0 amide bonds. The number of carbonyl (C=O) groups is 3. The van der Waals surface area contributed by atoms with Gasteiger partial charge in [0.05, 0.1) is 19.2 Å². The Morgan fingerprint density at radius 1 is 0.943 bits per heavy atom. The third-order valence-corrected chi connectivity index (χ3v) is 7.85. The maximum Gasteiger partial charge on any atom is 0.180 e. The Balaban J connectivity index is 1.67. The van der Waals surface area contributed by atoms with E-state index in [2.05, 4.69) is 0 Å². The highest BCUT2D eigenvalue weighted by Gasteiger charge is 2.71. The standard InChI is InChI=1S/C30H25NO4/c1-17-8-9-19-12-15-25-30(28(33)22-6-4-5-7-23(22)29(30)34)26(20-10-13-21(35-3)14-11-20)27(18(2)32)31(25)24(19)16-17/h4-16,25-27H,1-3H3/t25-,26+,27+/m1/s1.